The van der Waals surface area contributed by atoms with Gasteiger partial charge in [0.2, 0.25) is 0 Å². The first kappa shape index (κ1) is 31.0. The monoisotopic (exact) mass is 462 g/mol. The van der Waals surface area contributed by atoms with E-state index in [1.807, 2.05) is 6.07 Å². The summed E-state index contributed by atoms with van der Waals surface area (Å²) in [6.07, 6.45) is 22.0. The third-order valence-electron chi connectivity index (χ3n) is 5.71. The zero-order valence-corrected chi connectivity index (χ0v) is 22.0. The van der Waals surface area contributed by atoms with Gasteiger partial charge in [0, 0.05) is 6.42 Å². The van der Waals surface area contributed by atoms with Crippen LogP contribution in [0.3, 0.4) is 0 Å². The highest BCUT2D eigenvalue weighted by Crippen LogP contribution is 2.31. The molecule has 0 aromatic heterocycles. The van der Waals surface area contributed by atoms with E-state index >= 15 is 0 Å². The number of hydrogen-bond acceptors (Lipinski definition) is 4. The Morgan fingerprint density at radius 1 is 0.818 bits per heavy atom. The average Bonchev–Trinajstić information content (AvgIpc) is 2.77. The predicted molar refractivity (Wildman–Crippen MR) is 140 cm³/mol. The minimum absolute atomic E-state index is 0.00514. The van der Waals surface area contributed by atoms with E-state index in [1.165, 1.54) is 83.8 Å². The number of benzene rings is 1. The van der Waals surface area contributed by atoms with Crippen LogP contribution in [-0.4, -0.2) is 23.3 Å². The van der Waals surface area contributed by atoms with Crippen LogP contribution in [0.15, 0.2) is 30.4 Å². The topological polar surface area (TPSA) is 66.8 Å². The molecule has 1 aromatic carbocycles. The first-order chi connectivity index (χ1) is 15.7. The SMILES string of the molecule is CC(C)(C)c1ccc(O)c(O)c1.CCCCCCCCC=CCCCCCCCC(=O)OC. The van der Waals surface area contributed by atoms with Crippen molar-refractivity contribution in [1.29, 1.82) is 0 Å². The van der Waals surface area contributed by atoms with Crippen LogP contribution >= 0.6 is 0 Å². The Balaban J connectivity index is 0.000000716. The van der Waals surface area contributed by atoms with Crippen molar-refractivity contribution in [2.45, 2.75) is 123 Å². The molecule has 0 bridgehead atoms. The van der Waals surface area contributed by atoms with Crippen LogP contribution in [0, 0.1) is 0 Å². The third kappa shape index (κ3) is 18.2. The molecule has 2 N–H and O–H groups in total. The van der Waals surface area contributed by atoms with E-state index in [9.17, 15) is 9.90 Å². The van der Waals surface area contributed by atoms with Crippen molar-refractivity contribution < 1.29 is 19.7 Å². The molecular formula is C29H50O4. The van der Waals surface area contributed by atoms with Gasteiger partial charge in [-0.3, -0.25) is 4.79 Å². The summed E-state index contributed by atoms with van der Waals surface area (Å²) in [6.45, 7) is 8.43. The van der Waals surface area contributed by atoms with Crippen molar-refractivity contribution in [1.82, 2.24) is 0 Å². The Hall–Kier alpha value is -1.97. The number of phenols is 2. The van der Waals surface area contributed by atoms with Gasteiger partial charge in [-0.05, 0) is 55.2 Å². The average molecular weight is 463 g/mol. The molecule has 0 aliphatic rings. The maximum Gasteiger partial charge on any atom is 0.305 e. The second-order valence-corrected chi connectivity index (χ2v) is 9.86. The standard InChI is InChI=1S/C19H36O2.C10H14O2/c1-3-4-5-6-7-8-9-10-11-12-13-14-15-16-17-18-19(20)21-2;1-10(2,3)7-4-5-8(11)9(12)6-7/h10-11H,3-9,12-18H2,1-2H3;4-6,11-12H,1-3H3. The summed E-state index contributed by atoms with van der Waals surface area (Å²) >= 11 is 0. The van der Waals surface area contributed by atoms with E-state index < -0.39 is 0 Å². The van der Waals surface area contributed by atoms with Crippen molar-refractivity contribution in [2.75, 3.05) is 7.11 Å². The summed E-state index contributed by atoms with van der Waals surface area (Å²) in [5.41, 5.74) is 1.02. The quantitative estimate of drug-likeness (QED) is 0.118. The van der Waals surface area contributed by atoms with Crippen molar-refractivity contribution in [3.05, 3.63) is 35.9 Å². The highest BCUT2D eigenvalue weighted by atomic mass is 16.5. The molecule has 0 fully saturated rings. The lowest BCUT2D eigenvalue weighted by Gasteiger charge is -2.19. The number of methoxy groups -OCH3 is 1. The van der Waals surface area contributed by atoms with Gasteiger partial charge < -0.3 is 14.9 Å². The number of carbonyl (C=O) groups is 1. The highest BCUT2D eigenvalue weighted by Gasteiger charge is 2.14. The summed E-state index contributed by atoms with van der Waals surface area (Å²) in [4.78, 5) is 10.9. The Kier molecular flexibility index (Phi) is 18.3. The summed E-state index contributed by atoms with van der Waals surface area (Å²) in [5.74, 6) is -0.196. The smallest absolute Gasteiger partial charge is 0.305 e. The number of rotatable bonds is 15. The fourth-order valence-electron chi connectivity index (χ4n) is 3.43. The number of phenolic OH excluding ortho intramolecular Hbond substituents is 2. The fourth-order valence-corrected chi connectivity index (χ4v) is 3.43. The molecule has 1 rings (SSSR count). The molecule has 1 aromatic rings. The lowest BCUT2D eigenvalue weighted by atomic mass is 9.87. The number of carbonyl (C=O) groups excluding carboxylic acids is 1. The Bertz CT molecular complexity index is 644. The predicted octanol–water partition coefficient (Wildman–Crippen LogP) is 8.59. The van der Waals surface area contributed by atoms with E-state index in [0.29, 0.717) is 6.42 Å². The molecule has 0 atom stereocenters. The maximum absolute atomic E-state index is 10.9. The van der Waals surface area contributed by atoms with Crippen molar-refractivity contribution in [3.8, 4) is 11.5 Å². The lowest BCUT2D eigenvalue weighted by molar-refractivity contribution is -0.140. The van der Waals surface area contributed by atoms with Gasteiger partial charge in [-0.2, -0.15) is 0 Å². The Morgan fingerprint density at radius 3 is 1.82 bits per heavy atom. The maximum atomic E-state index is 10.9. The molecule has 4 nitrogen and oxygen atoms in total. The van der Waals surface area contributed by atoms with Crippen LogP contribution in [0.25, 0.3) is 0 Å². The largest absolute Gasteiger partial charge is 0.504 e. The number of aromatic hydroxyl groups is 2. The minimum atomic E-state index is -0.0763. The van der Waals surface area contributed by atoms with Crippen molar-refractivity contribution in [2.24, 2.45) is 0 Å². The van der Waals surface area contributed by atoms with Crippen molar-refractivity contribution in [3.63, 3.8) is 0 Å². The summed E-state index contributed by atoms with van der Waals surface area (Å²) in [7, 11) is 1.46. The Morgan fingerprint density at radius 2 is 1.33 bits per heavy atom. The molecule has 0 aliphatic heterocycles. The van der Waals surface area contributed by atoms with Gasteiger partial charge in [-0.25, -0.2) is 0 Å². The third-order valence-corrected chi connectivity index (χ3v) is 5.71. The van der Waals surface area contributed by atoms with Gasteiger partial charge in [0.15, 0.2) is 11.5 Å². The van der Waals surface area contributed by atoms with E-state index in [0.717, 1.165) is 18.4 Å². The van der Waals surface area contributed by atoms with E-state index in [2.05, 4.69) is 44.6 Å². The minimum Gasteiger partial charge on any atom is -0.504 e. The van der Waals surface area contributed by atoms with Crippen molar-refractivity contribution >= 4 is 5.97 Å². The number of allylic oxidation sites excluding steroid dienone is 2. The van der Waals surface area contributed by atoms with Gasteiger partial charge in [0.05, 0.1) is 7.11 Å². The first-order valence-electron chi connectivity index (χ1n) is 13.0. The molecular weight excluding hydrogens is 412 g/mol. The molecule has 0 saturated heterocycles. The van der Waals surface area contributed by atoms with Gasteiger partial charge in [0.1, 0.15) is 0 Å². The number of unbranched alkanes of at least 4 members (excludes halogenated alkanes) is 11. The number of hydrogen-bond donors (Lipinski definition) is 2. The fraction of sp³-hybridized carbons (Fsp3) is 0.690. The summed E-state index contributed by atoms with van der Waals surface area (Å²) < 4.78 is 4.62. The normalized spacial score (nSPS) is 11.3. The van der Waals surface area contributed by atoms with Crippen LogP contribution < -0.4 is 0 Å². The molecule has 0 amide bonds. The lowest BCUT2D eigenvalue weighted by Crippen LogP contribution is -2.10. The van der Waals surface area contributed by atoms with Gasteiger partial charge in [-0.1, -0.05) is 97.3 Å². The van der Waals surface area contributed by atoms with Crippen LogP contribution in [0.2, 0.25) is 0 Å². The van der Waals surface area contributed by atoms with Crippen LogP contribution in [-0.2, 0) is 14.9 Å². The summed E-state index contributed by atoms with van der Waals surface area (Å²) in [6, 6.07) is 4.92. The Labute approximate surface area is 203 Å². The zero-order chi connectivity index (χ0) is 25.0. The zero-order valence-electron chi connectivity index (χ0n) is 22.0. The molecule has 0 heterocycles. The molecule has 0 radical (unpaired) electrons. The molecule has 4 heteroatoms. The molecule has 0 unspecified atom stereocenters. The number of ether oxygens (including phenoxy) is 1. The summed E-state index contributed by atoms with van der Waals surface area (Å²) in [5, 5.41) is 18.3. The van der Waals surface area contributed by atoms with Crippen LogP contribution in [0.1, 0.15) is 123 Å². The van der Waals surface area contributed by atoms with Gasteiger partial charge >= 0.3 is 5.97 Å². The van der Waals surface area contributed by atoms with Gasteiger partial charge in [0.25, 0.3) is 0 Å². The first-order valence-corrected chi connectivity index (χ1v) is 13.0. The molecule has 33 heavy (non-hydrogen) atoms. The second-order valence-electron chi connectivity index (χ2n) is 9.86. The molecule has 0 saturated carbocycles. The highest BCUT2D eigenvalue weighted by molar-refractivity contribution is 5.68. The molecule has 190 valence electrons. The molecule has 0 spiro atoms. The van der Waals surface area contributed by atoms with Crippen LogP contribution in [0.4, 0.5) is 0 Å². The molecule has 0 aliphatic carbocycles. The second kappa shape index (κ2) is 19.5. The van der Waals surface area contributed by atoms with Gasteiger partial charge in [-0.15, -0.1) is 0 Å². The van der Waals surface area contributed by atoms with E-state index in [1.54, 1.807) is 6.07 Å². The number of esters is 1. The van der Waals surface area contributed by atoms with E-state index in [-0.39, 0.29) is 22.9 Å². The van der Waals surface area contributed by atoms with Crippen LogP contribution in [0.5, 0.6) is 11.5 Å². The van der Waals surface area contributed by atoms with E-state index in [4.69, 9.17) is 5.11 Å².